The van der Waals surface area contributed by atoms with E-state index < -0.39 is 27.4 Å². The molecule has 0 heterocycles. The Bertz CT molecular complexity index is 587. The molecule has 0 amide bonds. The molecule has 0 bridgehead atoms. The summed E-state index contributed by atoms with van der Waals surface area (Å²) >= 11 is 0. The molecule has 0 aromatic heterocycles. The van der Waals surface area contributed by atoms with Crippen LogP contribution in [0, 0.1) is 5.82 Å². The number of benzene rings is 1. The van der Waals surface area contributed by atoms with E-state index in [1.54, 1.807) is 6.92 Å². The number of hydrogen-bond donors (Lipinski definition) is 2. The zero-order valence-corrected chi connectivity index (χ0v) is 11.4. The molecule has 0 saturated carbocycles. The summed E-state index contributed by atoms with van der Waals surface area (Å²) in [6, 6.07) is 2.11. The summed E-state index contributed by atoms with van der Waals surface area (Å²) in [4.78, 5) is 11.6. The molecule has 0 atom stereocenters. The van der Waals surface area contributed by atoms with Crippen LogP contribution >= 0.6 is 0 Å². The standard InChI is InChI=1S/C11H15FN2O4S/c1-3-18-11(15)9-7(12)5-6-8(10(9)13)14-19(16,17)4-2/h5-6,14H,3-4,13H2,1-2H3. The third-order valence-corrected chi connectivity index (χ3v) is 3.61. The van der Waals surface area contributed by atoms with Gasteiger partial charge in [-0.2, -0.15) is 0 Å². The molecule has 1 aromatic rings. The molecule has 0 radical (unpaired) electrons. The fourth-order valence-corrected chi connectivity index (χ4v) is 1.99. The number of rotatable bonds is 5. The number of ether oxygens (including phenoxy) is 1. The molecule has 106 valence electrons. The van der Waals surface area contributed by atoms with Crippen LogP contribution in [0.5, 0.6) is 0 Å². The van der Waals surface area contributed by atoms with Gasteiger partial charge in [-0.15, -0.1) is 0 Å². The zero-order valence-electron chi connectivity index (χ0n) is 10.6. The molecule has 0 unspecified atom stereocenters. The number of anilines is 2. The first-order valence-electron chi connectivity index (χ1n) is 5.58. The Kier molecular flexibility index (Phi) is 4.71. The smallest absolute Gasteiger partial charge is 0.343 e. The minimum Gasteiger partial charge on any atom is -0.462 e. The van der Waals surface area contributed by atoms with Crippen molar-refractivity contribution in [3.8, 4) is 0 Å². The summed E-state index contributed by atoms with van der Waals surface area (Å²) < 4.78 is 43.3. The molecule has 3 N–H and O–H groups in total. The molecule has 0 spiro atoms. The van der Waals surface area contributed by atoms with Crippen LogP contribution in [-0.2, 0) is 14.8 Å². The molecule has 1 aromatic carbocycles. The van der Waals surface area contributed by atoms with Gasteiger partial charge >= 0.3 is 5.97 Å². The number of nitrogens with two attached hydrogens (primary N) is 1. The lowest BCUT2D eigenvalue weighted by atomic mass is 10.1. The van der Waals surface area contributed by atoms with Crippen LogP contribution in [0.15, 0.2) is 12.1 Å². The van der Waals surface area contributed by atoms with Crippen LogP contribution in [0.25, 0.3) is 0 Å². The van der Waals surface area contributed by atoms with Crippen LogP contribution in [-0.4, -0.2) is 26.7 Å². The Morgan fingerprint density at radius 2 is 2.05 bits per heavy atom. The van der Waals surface area contributed by atoms with Crippen LogP contribution in [0.4, 0.5) is 15.8 Å². The van der Waals surface area contributed by atoms with Gasteiger partial charge in [0.1, 0.15) is 11.4 Å². The van der Waals surface area contributed by atoms with E-state index in [1.165, 1.54) is 6.92 Å². The van der Waals surface area contributed by atoms with Gasteiger partial charge in [-0.1, -0.05) is 0 Å². The summed E-state index contributed by atoms with van der Waals surface area (Å²) in [6.45, 7) is 3.06. The Hall–Kier alpha value is -1.83. The maximum atomic E-state index is 13.6. The number of carbonyl (C=O) groups is 1. The highest BCUT2D eigenvalue weighted by Crippen LogP contribution is 2.27. The van der Waals surface area contributed by atoms with Gasteiger partial charge in [0, 0.05) is 0 Å². The first kappa shape index (κ1) is 15.2. The lowest BCUT2D eigenvalue weighted by Crippen LogP contribution is -2.18. The normalized spacial score (nSPS) is 11.1. The van der Waals surface area contributed by atoms with Gasteiger partial charge in [0.05, 0.1) is 23.7 Å². The van der Waals surface area contributed by atoms with Crippen molar-refractivity contribution in [2.24, 2.45) is 0 Å². The molecular weight excluding hydrogens is 275 g/mol. The lowest BCUT2D eigenvalue weighted by molar-refractivity contribution is 0.0522. The van der Waals surface area contributed by atoms with Gasteiger partial charge in [0.2, 0.25) is 10.0 Å². The van der Waals surface area contributed by atoms with Crippen LogP contribution in [0.1, 0.15) is 24.2 Å². The lowest BCUT2D eigenvalue weighted by Gasteiger charge is -2.12. The molecular formula is C11H15FN2O4S. The molecule has 0 aliphatic rings. The average Bonchev–Trinajstić information content (AvgIpc) is 2.33. The van der Waals surface area contributed by atoms with Crippen molar-refractivity contribution in [1.82, 2.24) is 0 Å². The van der Waals surface area contributed by atoms with E-state index in [-0.39, 0.29) is 23.7 Å². The van der Waals surface area contributed by atoms with Crippen molar-refractivity contribution in [2.75, 3.05) is 22.8 Å². The summed E-state index contributed by atoms with van der Waals surface area (Å²) in [5.41, 5.74) is 4.79. The largest absolute Gasteiger partial charge is 0.462 e. The SMILES string of the molecule is CCOC(=O)c1c(F)ccc(NS(=O)(=O)CC)c1N. The van der Waals surface area contributed by atoms with Crippen LogP contribution in [0.2, 0.25) is 0 Å². The van der Waals surface area contributed by atoms with Gasteiger partial charge in [-0.05, 0) is 26.0 Å². The quantitative estimate of drug-likeness (QED) is 0.630. The minimum absolute atomic E-state index is 0.0497. The highest BCUT2D eigenvalue weighted by Gasteiger charge is 2.21. The zero-order chi connectivity index (χ0) is 14.6. The Balaban J connectivity index is 3.24. The second-order valence-electron chi connectivity index (χ2n) is 3.61. The summed E-state index contributed by atoms with van der Waals surface area (Å²) in [7, 11) is -3.57. The van der Waals surface area contributed by atoms with Gasteiger partial charge in [-0.3, -0.25) is 4.72 Å². The number of nitrogens with one attached hydrogen (secondary N) is 1. The van der Waals surface area contributed by atoms with E-state index in [0.717, 1.165) is 12.1 Å². The third kappa shape index (κ3) is 3.57. The first-order valence-corrected chi connectivity index (χ1v) is 7.23. The number of sulfonamides is 1. The van der Waals surface area contributed by atoms with E-state index in [2.05, 4.69) is 9.46 Å². The highest BCUT2D eigenvalue weighted by molar-refractivity contribution is 7.92. The van der Waals surface area contributed by atoms with Gasteiger partial charge < -0.3 is 10.5 Å². The van der Waals surface area contributed by atoms with Crippen molar-refractivity contribution in [2.45, 2.75) is 13.8 Å². The Morgan fingerprint density at radius 1 is 1.42 bits per heavy atom. The number of halogens is 1. The maximum Gasteiger partial charge on any atom is 0.343 e. The topological polar surface area (TPSA) is 98.5 Å². The average molecular weight is 290 g/mol. The first-order chi connectivity index (χ1) is 8.82. The van der Waals surface area contributed by atoms with E-state index in [1.807, 2.05) is 0 Å². The van der Waals surface area contributed by atoms with Gasteiger partial charge in [0.25, 0.3) is 0 Å². The number of esters is 1. The number of nitrogen functional groups attached to an aromatic ring is 1. The second-order valence-corrected chi connectivity index (χ2v) is 5.62. The Morgan fingerprint density at radius 3 is 2.58 bits per heavy atom. The molecule has 8 heteroatoms. The van der Waals surface area contributed by atoms with E-state index in [9.17, 15) is 17.6 Å². The van der Waals surface area contributed by atoms with Crippen LogP contribution in [0.3, 0.4) is 0 Å². The minimum atomic E-state index is -3.57. The Labute approximate surface area is 110 Å². The molecule has 19 heavy (non-hydrogen) atoms. The van der Waals surface area contributed by atoms with Crippen molar-refractivity contribution < 1.29 is 22.3 Å². The third-order valence-electron chi connectivity index (χ3n) is 2.32. The maximum absolute atomic E-state index is 13.6. The van der Waals surface area contributed by atoms with E-state index in [4.69, 9.17) is 5.73 Å². The summed E-state index contributed by atoms with van der Waals surface area (Å²) in [5.74, 6) is -1.97. The fourth-order valence-electron chi connectivity index (χ4n) is 1.33. The van der Waals surface area contributed by atoms with Crippen molar-refractivity contribution in [3.63, 3.8) is 0 Å². The second kappa shape index (κ2) is 5.87. The number of carbonyl (C=O) groups excluding carboxylic acids is 1. The monoisotopic (exact) mass is 290 g/mol. The molecule has 0 aliphatic carbocycles. The van der Waals surface area contributed by atoms with Crippen molar-refractivity contribution in [1.29, 1.82) is 0 Å². The van der Waals surface area contributed by atoms with Crippen LogP contribution < -0.4 is 10.5 Å². The van der Waals surface area contributed by atoms with Gasteiger partial charge in [0.15, 0.2) is 0 Å². The molecule has 1 rings (SSSR count). The molecule has 0 fully saturated rings. The summed E-state index contributed by atoms with van der Waals surface area (Å²) in [5, 5.41) is 0. The van der Waals surface area contributed by atoms with Crippen molar-refractivity contribution >= 4 is 27.4 Å². The molecule has 0 aliphatic heterocycles. The fraction of sp³-hybridized carbons (Fsp3) is 0.364. The van der Waals surface area contributed by atoms with Gasteiger partial charge in [-0.25, -0.2) is 17.6 Å². The summed E-state index contributed by atoms with van der Waals surface area (Å²) in [6.07, 6.45) is 0. The van der Waals surface area contributed by atoms with Crippen molar-refractivity contribution in [3.05, 3.63) is 23.5 Å². The highest BCUT2D eigenvalue weighted by atomic mass is 32.2. The molecule has 6 nitrogen and oxygen atoms in total. The number of hydrogen-bond acceptors (Lipinski definition) is 5. The van der Waals surface area contributed by atoms with E-state index in [0.29, 0.717) is 0 Å². The predicted molar refractivity (Wildman–Crippen MR) is 69.9 cm³/mol. The molecule has 0 saturated heterocycles. The predicted octanol–water partition coefficient (Wildman–Crippen LogP) is 1.35. The van der Waals surface area contributed by atoms with E-state index >= 15 is 0 Å².